The van der Waals surface area contributed by atoms with Gasteiger partial charge in [-0.1, -0.05) is 6.92 Å². The van der Waals surface area contributed by atoms with Crippen LogP contribution in [0.25, 0.3) is 0 Å². The minimum atomic E-state index is -0.0506. The van der Waals surface area contributed by atoms with Gasteiger partial charge in [0, 0.05) is 10.5 Å². The first-order valence-electron chi connectivity index (χ1n) is 5.16. The number of carbonyl (C=O) groups is 1. The number of carbonyl (C=O) groups excluding carboxylic acids is 1. The van der Waals surface area contributed by atoms with Crippen molar-refractivity contribution in [1.29, 1.82) is 0 Å². The zero-order chi connectivity index (χ0) is 12.1. The monoisotopic (exact) mass is 239 g/mol. The Morgan fingerprint density at radius 2 is 2.19 bits per heavy atom. The van der Waals surface area contributed by atoms with E-state index in [4.69, 9.17) is 10.5 Å². The Balaban J connectivity index is 3.31. The number of hydrogen-bond donors (Lipinski definition) is 1. The van der Waals surface area contributed by atoms with Crippen molar-refractivity contribution in [3.05, 3.63) is 23.3 Å². The lowest BCUT2D eigenvalue weighted by molar-refractivity contribution is 0.0998. The second kappa shape index (κ2) is 5.92. The molecule has 1 aromatic rings. The topological polar surface area (TPSA) is 52.3 Å². The minimum Gasteiger partial charge on any atom is -0.496 e. The van der Waals surface area contributed by atoms with Crippen LogP contribution in [-0.4, -0.2) is 25.7 Å². The van der Waals surface area contributed by atoms with E-state index in [0.29, 0.717) is 5.56 Å². The molecule has 16 heavy (non-hydrogen) atoms. The van der Waals surface area contributed by atoms with E-state index >= 15 is 0 Å². The average Bonchev–Trinajstić information content (AvgIpc) is 2.35. The van der Waals surface area contributed by atoms with E-state index in [0.717, 1.165) is 22.6 Å². The summed E-state index contributed by atoms with van der Waals surface area (Å²) < 4.78 is 5.27. The van der Waals surface area contributed by atoms with Crippen molar-refractivity contribution in [1.82, 2.24) is 0 Å². The number of Topliss-reactive ketones (excluding diaryl/α,β-unsaturated/α-hetero) is 1. The van der Waals surface area contributed by atoms with Gasteiger partial charge < -0.3 is 10.5 Å². The van der Waals surface area contributed by atoms with Crippen LogP contribution in [0.3, 0.4) is 0 Å². The molecule has 0 fully saturated rings. The molecule has 2 N–H and O–H groups in total. The van der Waals surface area contributed by atoms with Crippen molar-refractivity contribution in [3.63, 3.8) is 0 Å². The maximum atomic E-state index is 11.7. The van der Waals surface area contributed by atoms with E-state index in [1.165, 1.54) is 0 Å². The highest BCUT2D eigenvalue weighted by Gasteiger charge is 2.13. The summed E-state index contributed by atoms with van der Waals surface area (Å²) >= 11 is 1.56. The van der Waals surface area contributed by atoms with E-state index < -0.39 is 0 Å². The summed E-state index contributed by atoms with van der Waals surface area (Å²) in [5, 5.41) is 0. The van der Waals surface area contributed by atoms with Gasteiger partial charge >= 0.3 is 0 Å². The first kappa shape index (κ1) is 13.1. The van der Waals surface area contributed by atoms with Crippen LogP contribution in [0.5, 0.6) is 5.75 Å². The molecule has 0 aromatic heterocycles. The Bertz CT molecular complexity index is 391. The lowest BCUT2D eigenvalue weighted by Gasteiger charge is -2.12. The molecule has 1 aromatic carbocycles. The van der Waals surface area contributed by atoms with Gasteiger partial charge in [-0.15, -0.1) is 11.8 Å². The number of aryl methyl sites for hydroxylation is 1. The van der Waals surface area contributed by atoms with Crippen LogP contribution < -0.4 is 10.5 Å². The molecular formula is C12H17NO2S. The zero-order valence-electron chi connectivity index (χ0n) is 9.87. The van der Waals surface area contributed by atoms with Crippen molar-refractivity contribution < 1.29 is 9.53 Å². The summed E-state index contributed by atoms with van der Waals surface area (Å²) in [6.07, 6.45) is 2.84. The molecule has 0 saturated heterocycles. The van der Waals surface area contributed by atoms with Crippen LogP contribution in [-0.2, 0) is 6.42 Å². The minimum absolute atomic E-state index is 0.0299. The number of thioether (sulfide) groups is 1. The first-order valence-corrected chi connectivity index (χ1v) is 6.38. The van der Waals surface area contributed by atoms with Gasteiger partial charge in [-0.2, -0.15) is 0 Å². The highest BCUT2D eigenvalue weighted by molar-refractivity contribution is 7.98. The Kier molecular flexibility index (Phi) is 4.83. The normalized spacial score (nSPS) is 10.2. The van der Waals surface area contributed by atoms with E-state index in [-0.39, 0.29) is 12.3 Å². The first-order chi connectivity index (χ1) is 7.67. The molecule has 4 heteroatoms. The number of benzene rings is 1. The van der Waals surface area contributed by atoms with Crippen molar-refractivity contribution >= 4 is 17.5 Å². The third-order valence-corrected chi connectivity index (χ3v) is 3.25. The second-order valence-corrected chi connectivity index (χ2v) is 4.19. The molecule has 0 atom stereocenters. The van der Waals surface area contributed by atoms with Gasteiger partial charge in [0.1, 0.15) is 5.75 Å². The molecule has 0 unspecified atom stereocenters. The maximum Gasteiger partial charge on any atom is 0.177 e. The molecule has 0 heterocycles. The number of hydrogen-bond acceptors (Lipinski definition) is 4. The van der Waals surface area contributed by atoms with Gasteiger partial charge in [-0.25, -0.2) is 0 Å². The lowest BCUT2D eigenvalue weighted by atomic mass is 10.1. The molecule has 0 aliphatic rings. The number of methoxy groups -OCH3 is 1. The number of ketones is 1. The predicted octanol–water partition coefficient (Wildman–Crippen LogP) is 2.12. The molecule has 0 bridgehead atoms. The molecule has 3 nitrogen and oxygen atoms in total. The van der Waals surface area contributed by atoms with Crippen LogP contribution in [0.2, 0.25) is 0 Å². The molecular weight excluding hydrogens is 222 g/mol. The number of ether oxygens (including phenoxy) is 1. The largest absolute Gasteiger partial charge is 0.496 e. The fourth-order valence-electron chi connectivity index (χ4n) is 1.57. The van der Waals surface area contributed by atoms with Crippen molar-refractivity contribution in [3.8, 4) is 5.75 Å². The van der Waals surface area contributed by atoms with Crippen LogP contribution in [0, 0.1) is 0 Å². The predicted molar refractivity (Wildman–Crippen MR) is 67.5 cm³/mol. The van der Waals surface area contributed by atoms with Crippen LogP contribution in [0.15, 0.2) is 17.0 Å². The summed E-state index contributed by atoms with van der Waals surface area (Å²) in [5.74, 6) is 0.711. The molecule has 0 aliphatic heterocycles. The summed E-state index contributed by atoms with van der Waals surface area (Å²) in [5.41, 5.74) is 7.16. The van der Waals surface area contributed by atoms with Crippen molar-refractivity contribution in [2.75, 3.05) is 19.9 Å². The summed E-state index contributed by atoms with van der Waals surface area (Å²) in [4.78, 5) is 12.6. The molecule has 0 radical (unpaired) electrons. The van der Waals surface area contributed by atoms with E-state index in [9.17, 15) is 4.79 Å². The average molecular weight is 239 g/mol. The quantitative estimate of drug-likeness (QED) is 0.631. The fourth-order valence-corrected chi connectivity index (χ4v) is 2.22. The number of nitrogens with two attached hydrogens (primary N) is 1. The van der Waals surface area contributed by atoms with Crippen LogP contribution >= 0.6 is 11.8 Å². The standard InChI is InChI=1S/C12H17NO2S/c1-4-8-5-12(16-3)9(10(14)7-13)6-11(8)15-2/h5-6H,4,7,13H2,1-3H3. The zero-order valence-corrected chi connectivity index (χ0v) is 10.7. The van der Waals surface area contributed by atoms with Gasteiger partial charge in [-0.05, 0) is 30.4 Å². The van der Waals surface area contributed by atoms with Gasteiger partial charge in [0.25, 0.3) is 0 Å². The fraction of sp³-hybridized carbons (Fsp3) is 0.417. The summed E-state index contributed by atoms with van der Waals surface area (Å²) in [6, 6.07) is 3.80. The Hall–Kier alpha value is -1.00. The molecule has 0 aliphatic carbocycles. The summed E-state index contributed by atoms with van der Waals surface area (Å²) in [7, 11) is 1.62. The SMILES string of the molecule is CCc1cc(SC)c(C(=O)CN)cc1OC. The third kappa shape index (κ3) is 2.57. The van der Waals surface area contributed by atoms with Crippen LogP contribution in [0.1, 0.15) is 22.8 Å². The van der Waals surface area contributed by atoms with E-state index in [2.05, 4.69) is 6.92 Å². The number of rotatable bonds is 5. The van der Waals surface area contributed by atoms with Gasteiger partial charge in [-0.3, -0.25) is 4.79 Å². The smallest absolute Gasteiger partial charge is 0.177 e. The molecule has 1 rings (SSSR count). The van der Waals surface area contributed by atoms with E-state index in [1.807, 2.05) is 12.3 Å². The Labute approximate surface area is 100 Å². The third-order valence-electron chi connectivity index (χ3n) is 2.47. The molecule has 88 valence electrons. The lowest BCUT2D eigenvalue weighted by Crippen LogP contribution is -2.15. The summed E-state index contributed by atoms with van der Waals surface area (Å²) in [6.45, 7) is 2.09. The van der Waals surface area contributed by atoms with Gasteiger partial charge in [0.15, 0.2) is 5.78 Å². The Morgan fingerprint density at radius 1 is 1.50 bits per heavy atom. The highest BCUT2D eigenvalue weighted by atomic mass is 32.2. The Morgan fingerprint density at radius 3 is 2.62 bits per heavy atom. The second-order valence-electron chi connectivity index (χ2n) is 3.35. The molecule has 0 amide bonds. The van der Waals surface area contributed by atoms with Crippen molar-refractivity contribution in [2.24, 2.45) is 5.73 Å². The molecule has 0 spiro atoms. The van der Waals surface area contributed by atoms with Crippen LogP contribution in [0.4, 0.5) is 0 Å². The maximum absolute atomic E-state index is 11.7. The van der Waals surface area contributed by atoms with Gasteiger partial charge in [0.05, 0.1) is 13.7 Å². The highest BCUT2D eigenvalue weighted by Crippen LogP contribution is 2.29. The molecule has 0 saturated carbocycles. The van der Waals surface area contributed by atoms with Crippen molar-refractivity contribution in [2.45, 2.75) is 18.2 Å². The van der Waals surface area contributed by atoms with E-state index in [1.54, 1.807) is 24.9 Å². The van der Waals surface area contributed by atoms with Gasteiger partial charge in [0.2, 0.25) is 0 Å².